The van der Waals surface area contributed by atoms with Gasteiger partial charge < -0.3 is 5.73 Å². The molecule has 2 aliphatic carbocycles. The molecule has 0 saturated heterocycles. The second kappa shape index (κ2) is 1.72. The minimum Gasteiger partial charge on any atom is -0.328 e. The van der Waals surface area contributed by atoms with Gasteiger partial charge in [-0.25, -0.2) is 0 Å². The second-order valence-electron chi connectivity index (χ2n) is 3.76. The zero-order chi connectivity index (χ0) is 6.43. The Hall–Kier alpha value is -0.0400. The van der Waals surface area contributed by atoms with Crippen LogP contribution in [0, 0.1) is 17.8 Å². The molecule has 2 rings (SSSR count). The predicted octanol–water partition coefficient (Wildman–Crippen LogP) is 1.38. The summed E-state index contributed by atoms with van der Waals surface area (Å²) in [6.07, 6.45) is 4.37. The van der Waals surface area contributed by atoms with Crippen LogP contribution in [0.15, 0.2) is 0 Å². The third-order valence-electron chi connectivity index (χ3n) is 3.07. The van der Waals surface area contributed by atoms with Gasteiger partial charge in [-0.15, -0.1) is 0 Å². The molecular weight excluding hydrogens is 110 g/mol. The van der Waals surface area contributed by atoms with E-state index >= 15 is 0 Å². The van der Waals surface area contributed by atoms with Gasteiger partial charge in [0, 0.05) is 6.04 Å². The van der Waals surface area contributed by atoms with E-state index in [1.165, 1.54) is 19.3 Å². The summed E-state index contributed by atoms with van der Waals surface area (Å²) < 4.78 is 0. The van der Waals surface area contributed by atoms with Crippen LogP contribution < -0.4 is 5.73 Å². The van der Waals surface area contributed by atoms with Crippen molar-refractivity contribution in [1.29, 1.82) is 0 Å². The Morgan fingerprint density at radius 1 is 1.44 bits per heavy atom. The fraction of sp³-hybridized carbons (Fsp3) is 1.00. The highest BCUT2D eigenvalue weighted by atomic mass is 14.7. The molecule has 2 aliphatic rings. The first-order valence-corrected chi connectivity index (χ1v) is 4.04. The van der Waals surface area contributed by atoms with E-state index in [9.17, 15) is 0 Å². The van der Waals surface area contributed by atoms with E-state index in [-0.39, 0.29) is 0 Å². The lowest BCUT2D eigenvalue weighted by atomic mass is 9.97. The van der Waals surface area contributed by atoms with Crippen molar-refractivity contribution >= 4 is 0 Å². The number of rotatable bonds is 1. The normalized spacial score (nSPS) is 50.7. The van der Waals surface area contributed by atoms with Gasteiger partial charge >= 0.3 is 0 Å². The van der Waals surface area contributed by atoms with Gasteiger partial charge in [-0.2, -0.15) is 0 Å². The van der Waals surface area contributed by atoms with E-state index in [2.05, 4.69) is 6.92 Å². The molecule has 2 N–H and O–H groups in total. The lowest BCUT2D eigenvalue weighted by Crippen LogP contribution is -2.26. The Morgan fingerprint density at radius 3 is 2.44 bits per heavy atom. The Kier molecular flexibility index (Phi) is 1.10. The fourth-order valence-electron chi connectivity index (χ4n) is 2.40. The van der Waals surface area contributed by atoms with Gasteiger partial charge in [-0.1, -0.05) is 0 Å². The maximum atomic E-state index is 5.81. The maximum absolute atomic E-state index is 5.81. The molecule has 0 heterocycles. The fourth-order valence-corrected chi connectivity index (χ4v) is 2.40. The highest BCUT2D eigenvalue weighted by Crippen LogP contribution is 2.55. The van der Waals surface area contributed by atoms with E-state index in [0.717, 1.165) is 17.8 Å². The molecule has 1 nitrogen and oxygen atoms in total. The summed E-state index contributed by atoms with van der Waals surface area (Å²) >= 11 is 0. The molecule has 2 saturated carbocycles. The quantitative estimate of drug-likeness (QED) is 0.563. The molecule has 52 valence electrons. The van der Waals surface area contributed by atoms with E-state index in [1.807, 2.05) is 0 Å². The summed E-state index contributed by atoms with van der Waals surface area (Å²) in [7, 11) is 0. The Bertz CT molecular complexity index is 120. The monoisotopic (exact) mass is 125 g/mol. The predicted molar refractivity (Wildman–Crippen MR) is 38.0 cm³/mol. The van der Waals surface area contributed by atoms with Crippen LogP contribution in [-0.4, -0.2) is 6.04 Å². The first-order valence-electron chi connectivity index (χ1n) is 4.04. The summed E-state index contributed by atoms with van der Waals surface area (Å²) in [5.74, 6) is 3.03. The molecule has 4 atom stereocenters. The summed E-state index contributed by atoms with van der Waals surface area (Å²) in [5.41, 5.74) is 5.81. The van der Waals surface area contributed by atoms with Gasteiger partial charge in [-0.05, 0) is 43.9 Å². The Morgan fingerprint density at radius 2 is 2.22 bits per heavy atom. The Labute approximate surface area is 56.6 Å². The molecule has 0 spiro atoms. The minimum atomic E-state index is 0.461. The van der Waals surface area contributed by atoms with Crippen molar-refractivity contribution in [3.8, 4) is 0 Å². The average Bonchev–Trinajstić information content (AvgIpc) is 2.43. The van der Waals surface area contributed by atoms with Gasteiger partial charge in [-0.3, -0.25) is 0 Å². The molecule has 0 bridgehead atoms. The molecule has 1 heteroatoms. The van der Waals surface area contributed by atoms with Crippen LogP contribution in [-0.2, 0) is 0 Å². The third-order valence-corrected chi connectivity index (χ3v) is 3.07. The van der Waals surface area contributed by atoms with Crippen molar-refractivity contribution in [1.82, 2.24) is 0 Å². The van der Waals surface area contributed by atoms with Crippen LogP contribution in [0.5, 0.6) is 0 Å². The molecule has 0 amide bonds. The van der Waals surface area contributed by atoms with Crippen molar-refractivity contribution in [3.63, 3.8) is 0 Å². The molecular formula is C8H15N. The molecule has 0 radical (unpaired) electrons. The number of hydrogen-bond donors (Lipinski definition) is 1. The number of hydrogen-bond acceptors (Lipinski definition) is 1. The van der Waals surface area contributed by atoms with Gasteiger partial charge in [0.2, 0.25) is 0 Å². The molecule has 0 aliphatic heterocycles. The van der Waals surface area contributed by atoms with E-state index in [4.69, 9.17) is 5.73 Å². The number of nitrogens with two attached hydrogens (primary N) is 1. The van der Waals surface area contributed by atoms with Crippen LogP contribution >= 0.6 is 0 Å². The molecule has 0 aromatic carbocycles. The zero-order valence-corrected chi connectivity index (χ0v) is 6.01. The molecule has 9 heavy (non-hydrogen) atoms. The molecule has 2 fully saturated rings. The highest BCUT2D eigenvalue weighted by Gasteiger charge is 2.48. The minimum absolute atomic E-state index is 0.461. The Balaban J connectivity index is 1.98. The lowest BCUT2D eigenvalue weighted by Gasteiger charge is -2.14. The third kappa shape index (κ3) is 0.787. The second-order valence-corrected chi connectivity index (χ2v) is 3.76. The van der Waals surface area contributed by atoms with Crippen molar-refractivity contribution in [2.24, 2.45) is 23.5 Å². The van der Waals surface area contributed by atoms with Crippen molar-refractivity contribution < 1.29 is 0 Å². The van der Waals surface area contributed by atoms with Crippen LogP contribution in [0.4, 0.5) is 0 Å². The van der Waals surface area contributed by atoms with Crippen molar-refractivity contribution in [2.45, 2.75) is 32.2 Å². The standard InChI is InChI=1S/C8H15N/c1-5(9)7-3-2-6-4-8(6)7/h5-8H,2-4,9H2,1H3. The SMILES string of the molecule is CC(N)C1CCC2CC21. The summed E-state index contributed by atoms with van der Waals surface area (Å²) in [4.78, 5) is 0. The van der Waals surface area contributed by atoms with E-state index in [1.54, 1.807) is 0 Å². The van der Waals surface area contributed by atoms with E-state index < -0.39 is 0 Å². The lowest BCUT2D eigenvalue weighted by molar-refractivity contribution is 0.407. The summed E-state index contributed by atoms with van der Waals surface area (Å²) in [5, 5.41) is 0. The molecule has 0 aromatic heterocycles. The van der Waals surface area contributed by atoms with Crippen LogP contribution in [0.25, 0.3) is 0 Å². The van der Waals surface area contributed by atoms with Crippen LogP contribution in [0.1, 0.15) is 26.2 Å². The first kappa shape index (κ1) is 5.72. The average molecular weight is 125 g/mol. The van der Waals surface area contributed by atoms with Gasteiger partial charge in [0.15, 0.2) is 0 Å². The molecule has 4 unspecified atom stereocenters. The summed E-state index contributed by atoms with van der Waals surface area (Å²) in [6, 6.07) is 0.461. The van der Waals surface area contributed by atoms with Gasteiger partial charge in [0.1, 0.15) is 0 Å². The zero-order valence-electron chi connectivity index (χ0n) is 6.01. The van der Waals surface area contributed by atoms with Gasteiger partial charge in [0.05, 0.1) is 0 Å². The maximum Gasteiger partial charge on any atom is 0.00415 e. The van der Waals surface area contributed by atoms with Crippen molar-refractivity contribution in [3.05, 3.63) is 0 Å². The molecule has 0 aromatic rings. The largest absolute Gasteiger partial charge is 0.328 e. The van der Waals surface area contributed by atoms with Crippen molar-refractivity contribution in [2.75, 3.05) is 0 Å². The highest BCUT2D eigenvalue weighted by molar-refractivity contribution is 4.99. The van der Waals surface area contributed by atoms with E-state index in [0.29, 0.717) is 6.04 Å². The first-order chi connectivity index (χ1) is 4.29. The number of fused-ring (bicyclic) bond motifs is 1. The topological polar surface area (TPSA) is 26.0 Å². The van der Waals surface area contributed by atoms with Crippen LogP contribution in [0.2, 0.25) is 0 Å². The summed E-state index contributed by atoms with van der Waals surface area (Å²) in [6.45, 7) is 2.16. The van der Waals surface area contributed by atoms with Gasteiger partial charge in [0.25, 0.3) is 0 Å². The smallest absolute Gasteiger partial charge is 0.00415 e. The van der Waals surface area contributed by atoms with Crippen LogP contribution in [0.3, 0.4) is 0 Å².